The van der Waals surface area contributed by atoms with Crippen molar-refractivity contribution >= 4 is 17.9 Å². The van der Waals surface area contributed by atoms with E-state index in [2.05, 4.69) is 93.7 Å². The first-order valence-electron chi connectivity index (χ1n) is 35.4. The van der Waals surface area contributed by atoms with Gasteiger partial charge in [-0.15, -0.1) is 0 Å². The van der Waals surface area contributed by atoms with Gasteiger partial charge in [-0.05, 0) is 89.9 Å². The predicted octanol–water partition coefficient (Wildman–Crippen LogP) is 24.4. The highest BCUT2D eigenvalue weighted by molar-refractivity contribution is 5.71. The predicted molar refractivity (Wildman–Crippen MR) is 353 cm³/mol. The third kappa shape index (κ3) is 67.5. The molecule has 1 atom stereocenters. The van der Waals surface area contributed by atoms with Crippen molar-refractivity contribution in [3.63, 3.8) is 0 Å². The molecule has 0 aromatic heterocycles. The topological polar surface area (TPSA) is 78.9 Å². The molecule has 0 heterocycles. The summed E-state index contributed by atoms with van der Waals surface area (Å²) in [6, 6.07) is 0. The Morgan fingerprint density at radius 1 is 0.259 bits per heavy atom. The maximum absolute atomic E-state index is 12.9. The van der Waals surface area contributed by atoms with Crippen LogP contribution in [0.2, 0.25) is 0 Å². The average molecular weight is 1130 g/mol. The van der Waals surface area contributed by atoms with Crippen LogP contribution in [-0.4, -0.2) is 37.2 Å². The van der Waals surface area contributed by atoms with Crippen molar-refractivity contribution in [1.29, 1.82) is 0 Å². The summed E-state index contributed by atoms with van der Waals surface area (Å²) in [6.45, 7) is 6.52. The van der Waals surface area contributed by atoms with E-state index in [1.807, 2.05) is 0 Å². The second-order valence-corrected chi connectivity index (χ2v) is 23.8. The van der Waals surface area contributed by atoms with Crippen LogP contribution in [0, 0.1) is 0 Å². The molecule has 0 fully saturated rings. The molecule has 0 aromatic rings. The molecular weight excluding hydrogens is 997 g/mol. The van der Waals surface area contributed by atoms with Crippen molar-refractivity contribution in [1.82, 2.24) is 0 Å². The third-order valence-electron chi connectivity index (χ3n) is 15.7. The zero-order valence-corrected chi connectivity index (χ0v) is 54.1. The van der Waals surface area contributed by atoms with Gasteiger partial charge in [0.1, 0.15) is 13.2 Å². The second kappa shape index (κ2) is 69.3. The Morgan fingerprint density at radius 2 is 0.481 bits per heavy atom. The average Bonchev–Trinajstić information content (AvgIpc) is 3.47. The molecule has 0 aliphatic rings. The molecule has 6 nitrogen and oxygen atoms in total. The van der Waals surface area contributed by atoms with Crippen molar-refractivity contribution in [3.8, 4) is 0 Å². The Balaban J connectivity index is 3.98. The van der Waals surface area contributed by atoms with Gasteiger partial charge in [-0.2, -0.15) is 0 Å². The lowest BCUT2D eigenvalue weighted by atomic mass is 10.0. The molecule has 0 saturated heterocycles. The number of carbonyl (C=O) groups is 3. The Morgan fingerprint density at radius 3 is 0.753 bits per heavy atom. The highest BCUT2D eigenvalue weighted by atomic mass is 16.6. The van der Waals surface area contributed by atoms with E-state index in [1.165, 1.54) is 238 Å². The summed E-state index contributed by atoms with van der Waals surface area (Å²) in [5.41, 5.74) is 0. The van der Waals surface area contributed by atoms with Gasteiger partial charge in [-0.25, -0.2) is 0 Å². The molecule has 0 saturated carbocycles. The molecule has 0 spiro atoms. The summed E-state index contributed by atoms with van der Waals surface area (Å²) in [7, 11) is 0. The quantitative estimate of drug-likeness (QED) is 0.0261. The second-order valence-electron chi connectivity index (χ2n) is 23.8. The molecule has 0 N–H and O–H groups in total. The number of carbonyl (C=O) groups excluding carboxylic acids is 3. The molecule has 0 aliphatic carbocycles. The van der Waals surface area contributed by atoms with Crippen LogP contribution >= 0.6 is 0 Å². The van der Waals surface area contributed by atoms with Crippen LogP contribution in [0.15, 0.2) is 72.9 Å². The Labute approximate surface area is 503 Å². The van der Waals surface area contributed by atoms with Gasteiger partial charge in [-0.3, -0.25) is 14.4 Å². The van der Waals surface area contributed by atoms with Gasteiger partial charge in [0.2, 0.25) is 0 Å². The summed E-state index contributed by atoms with van der Waals surface area (Å²) >= 11 is 0. The molecular formula is C75H134O6. The number of ether oxygens (including phenoxy) is 3. The summed E-state index contributed by atoms with van der Waals surface area (Å²) < 4.78 is 16.9. The van der Waals surface area contributed by atoms with Gasteiger partial charge in [0.05, 0.1) is 0 Å². The Hall–Kier alpha value is -3.15. The first-order valence-corrected chi connectivity index (χ1v) is 35.4. The number of allylic oxidation sites excluding steroid dienone is 12. The molecule has 0 bridgehead atoms. The molecule has 0 aliphatic heterocycles. The number of rotatable bonds is 65. The number of unbranched alkanes of at least 4 members (excludes halogenated alkanes) is 42. The first kappa shape index (κ1) is 77.9. The summed E-state index contributed by atoms with van der Waals surface area (Å²) in [5.74, 6) is -0.862. The minimum atomic E-state index is -0.772. The molecule has 81 heavy (non-hydrogen) atoms. The van der Waals surface area contributed by atoms with Crippen LogP contribution in [-0.2, 0) is 28.6 Å². The van der Waals surface area contributed by atoms with Gasteiger partial charge in [0.25, 0.3) is 0 Å². The zero-order valence-electron chi connectivity index (χ0n) is 54.1. The maximum atomic E-state index is 12.9. The van der Waals surface area contributed by atoms with Crippen LogP contribution in [0.3, 0.4) is 0 Å². The lowest BCUT2D eigenvalue weighted by molar-refractivity contribution is -0.167. The Bertz CT molecular complexity index is 1490. The van der Waals surface area contributed by atoms with Crippen LogP contribution in [0.25, 0.3) is 0 Å². The van der Waals surface area contributed by atoms with Gasteiger partial charge in [0.15, 0.2) is 6.10 Å². The van der Waals surface area contributed by atoms with Crippen molar-refractivity contribution in [2.75, 3.05) is 13.2 Å². The zero-order chi connectivity index (χ0) is 58.5. The van der Waals surface area contributed by atoms with Gasteiger partial charge in [0, 0.05) is 19.3 Å². The van der Waals surface area contributed by atoms with Crippen LogP contribution in [0.4, 0.5) is 0 Å². The molecule has 1 unspecified atom stereocenters. The molecule has 0 rings (SSSR count). The third-order valence-corrected chi connectivity index (χ3v) is 15.7. The molecule has 0 radical (unpaired) electrons. The van der Waals surface area contributed by atoms with Crippen LogP contribution < -0.4 is 0 Å². The standard InChI is InChI=1S/C75H134O6/c1-4-7-10-13-16-18-20-22-24-26-28-30-31-32-33-34-35-36-37-38-39-40-41-42-43-45-46-48-50-52-54-56-59-62-65-68-74(77)80-71-72(70-79-73(76)67-64-61-58-15-12-9-6-3)81-75(78)69-66-63-60-57-55-53-51-49-47-44-29-27-25-23-21-19-17-14-11-8-5-2/h7,10,16,18,21-24,27-30,72H,4-6,8-9,11-15,17,19-20,25-26,31-71H2,1-3H3/b10-7-,18-16-,23-21-,24-22-,29-27-,30-28-. The van der Waals surface area contributed by atoms with Crippen LogP contribution in [0.1, 0.15) is 367 Å². The lowest BCUT2D eigenvalue weighted by Gasteiger charge is -2.18. The number of hydrogen-bond donors (Lipinski definition) is 0. The molecule has 0 aromatic carbocycles. The SMILES string of the molecule is CC/C=C\C/C=C\C/C=C\C/C=C\CCCCCCCCCCCCCCCCCCCCCCCCC(=O)OCC(COC(=O)CCCCCCCCC)OC(=O)CCCCCCCCCCC/C=C\C/C=C\CCCCCCC. The molecule has 0 amide bonds. The van der Waals surface area contributed by atoms with Gasteiger partial charge >= 0.3 is 17.9 Å². The summed E-state index contributed by atoms with van der Waals surface area (Å²) in [4.78, 5) is 38.2. The normalized spacial score (nSPS) is 12.5. The van der Waals surface area contributed by atoms with Crippen LogP contribution in [0.5, 0.6) is 0 Å². The summed E-state index contributed by atoms with van der Waals surface area (Å²) in [6.07, 6.45) is 91.1. The van der Waals surface area contributed by atoms with Gasteiger partial charge in [-0.1, -0.05) is 331 Å². The molecule has 470 valence electrons. The smallest absolute Gasteiger partial charge is 0.306 e. The monoisotopic (exact) mass is 1130 g/mol. The highest BCUT2D eigenvalue weighted by Crippen LogP contribution is 2.18. The van der Waals surface area contributed by atoms with E-state index < -0.39 is 6.10 Å². The van der Waals surface area contributed by atoms with E-state index in [4.69, 9.17) is 14.2 Å². The minimum absolute atomic E-state index is 0.0713. The fourth-order valence-electron chi connectivity index (χ4n) is 10.4. The summed E-state index contributed by atoms with van der Waals surface area (Å²) in [5, 5.41) is 0. The minimum Gasteiger partial charge on any atom is -0.462 e. The highest BCUT2D eigenvalue weighted by Gasteiger charge is 2.19. The maximum Gasteiger partial charge on any atom is 0.306 e. The van der Waals surface area contributed by atoms with Crippen molar-refractivity contribution < 1.29 is 28.6 Å². The largest absolute Gasteiger partial charge is 0.462 e. The fourth-order valence-corrected chi connectivity index (χ4v) is 10.4. The van der Waals surface area contributed by atoms with Crippen molar-refractivity contribution in [2.24, 2.45) is 0 Å². The number of hydrogen-bond acceptors (Lipinski definition) is 6. The van der Waals surface area contributed by atoms with Crippen molar-refractivity contribution in [3.05, 3.63) is 72.9 Å². The molecule has 6 heteroatoms. The van der Waals surface area contributed by atoms with Crippen molar-refractivity contribution in [2.45, 2.75) is 374 Å². The van der Waals surface area contributed by atoms with E-state index >= 15 is 0 Å². The first-order chi connectivity index (χ1) is 40.0. The van der Waals surface area contributed by atoms with E-state index in [1.54, 1.807) is 0 Å². The van der Waals surface area contributed by atoms with E-state index in [0.29, 0.717) is 19.3 Å². The van der Waals surface area contributed by atoms with Gasteiger partial charge < -0.3 is 14.2 Å². The number of esters is 3. The van der Waals surface area contributed by atoms with E-state index in [9.17, 15) is 14.4 Å². The Kier molecular flexibility index (Phi) is 66.6. The van der Waals surface area contributed by atoms with E-state index in [-0.39, 0.29) is 31.1 Å². The fraction of sp³-hybridized carbons (Fsp3) is 0.800. The lowest BCUT2D eigenvalue weighted by Crippen LogP contribution is -2.30. The van der Waals surface area contributed by atoms with E-state index in [0.717, 1.165) is 89.9 Å².